The third-order valence-electron chi connectivity index (χ3n) is 0.186. The molecule has 2 nitrogen and oxygen atoms in total. The Kier molecular flexibility index (Phi) is 2.76. The van der Waals surface area contributed by atoms with E-state index in [1.807, 2.05) is 0 Å². The molecule has 0 amide bonds. The molecule has 46 valence electrons. The van der Waals surface area contributed by atoms with E-state index in [9.17, 15) is 13.2 Å². The van der Waals surface area contributed by atoms with E-state index >= 15 is 0 Å². The summed E-state index contributed by atoms with van der Waals surface area (Å²) in [6.45, 7) is 0. The molecule has 0 saturated carbocycles. The van der Waals surface area contributed by atoms with E-state index in [-0.39, 0.29) is 0 Å². The van der Waals surface area contributed by atoms with Gasteiger partial charge < -0.3 is 0 Å². The van der Waals surface area contributed by atoms with E-state index in [0.717, 1.165) is 6.08 Å². The summed E-state index contributed by atoms with van der Waals surface area (Å²) < 4.78 is 35.4. The summed E-state index contributed by atoms with van der Waals surface area (Å²) in [5.74, 6) is 0. The molecular formula is C2F3NOSe. The standard InChI is InChI=1S/C2F3NOSe/c3-2(4,5)8-6-1-7. The summed E-state index contributed by atoms with van der Waals surface area (Å²) in [5.41, 5.74) is 0. The molecule has 0 unspecified atom stereocenters. The van der Waals surface area contributed by atoms with Crippen LogP contribution in [0, 0.1) is 0 Å². The number of halogens is 3. The van der Waals surface area contributed by atoms with Crippen LogP contribution in [0.2, 0.25) is 0 Å². The monoisotopic (exact) mass is 191 g/mol. The van der Waals surface area contributed by atoms with Crippen LogP contribution in [0.25, 0.3) is 0 Å². The predicted octanol–water partition coefficient (Wildman–Crippen LogP) is 0.461. The molecule has 0 N–H and O–H groups in total. The number of rotatable bonds is 1. The van der Waals surface area contributed by atoms with Crippen LogP contribution in [0.15, 0.2) is 4.01 Å². The Morgan fingerprint density at radius 1 is 1.50 bits per heavy atom. The Balaban J connectivity index is 3.55. The van der Waals surface area contributed by atoms with Gasteiger partial charge in [0.15, 0.2) is 0 Å². The van der Waals surface area contributed by atoms with E-state index in [1.54, 1.807) is 0 Å². The molecule has 0 aliphatic heterocycles. The van der Waals surface area contributed by atoms with E-state index in [0.29, 0.717) is 0 Å². The summed E-state index contributed by atoms with van der Waals surface area (Å²) in [6, 6.07) is 0. The van der Waals surface area contributed by atoms with Crippen molar-refractivity contribution in [3.05, 3.63) is 0 Å². The summed E-state index contributed by atoms with van der Waals surface area (Å²) in [4.78, 5) is 9.08. The van der Waals surface area contributed by atoms with E-state index < -0.39 is 20.2 Å². The van der Waals surface area contributed by atoms with Crippen LogP contribution in [-0.2, 0) is 4.79 Å². The van der Waals surface area contributed by atoms with Gasteiger partial charge in [0.05, 0.1) is 0 Å². The summed E-state index contributed by atoms with van der Waals surface area (Å²) in [7, 11) is 0. The SMILES string of the molecule is O=C=N[Se]C(F)(F)F. The molecule has 0 aromatic heterocycles. The zero-order valence-electron chi connectivity index (χ0n) is 3.40. The Morgan fingerprint density at radius 2 is 2.00 bits per heavy atom. The van der Waals surface area contributed by atoms with E-state index in [1.165, 1.54) is 0 Å². The molecule has 0 bridgehead atoms. The molecule has 0 heterocycles. The van der Waals surface area contributed by atoms with Crippen LogP contribution in [0.5, 0.6) is 0 Å². The predicted molar refractivity (Wildman–Crippen MR) is 19.9 cm³/mol. The van der Waals surface area contributed by atoms with Crippen LogP contribution in [0.3, 0.4) is 0 Å². The zero-order chi connectivity index (χ0) is 6.62. The summed E-state index contributed by atoms with van der Waals surface area (Å²) >= 11 is -1.94. The molecule has 8 heavy (non-hydrogen) atoms. The minimum absolute atomic E-state index is 0.807. The molecule has 0 aliphatic carbocycles. The summed E-state index contributed by atoms with van der Waals surface area (Å²) in [5, 5.41) is -4.32. The Labute approximate surface area is 49.2 Å². The maximum absolute atomic E-state index is 11.0. The molecule has 0 spiro atoms. The second-order valence-electron chi connectivity index (χ2n) is 0.720. The second kappa shape index (κ2) is 2.87. The summed E-state index contributed by atoms with van der Waals surface area (Å²) in [6.07, 6.45) is 0.807. The van der Waals surface area contributed by atoms with Crippen LogP contribution in [0.4, 0.5) is 13.2 Å². The van der Waals surface area contributed by atoms with Gasteiger partial charge in [0.1, 0.15) is 0 Å². The first-order valence-electron chi connectivity index (χ1n) is 1.38. The van der Waals surface area contributed by atoms with Gasteiger partial charge in [0.2, 0.25) is 0 Å². The fourth-order valence-electron chi connectivity index (χ4n) is 0.0704. The van der Waals surface area contributed by atoms with Crippen LogP contribution < -0.4 is 0 Å². The van der Waals surface area contributed by atoms with Crippen LogP contribution >= 0.6 is 0 Å². The zero-order valence-corrected chi connectivity index (χ0v) is 5.11. The number of isocyanates is 1. The van der Waals surface area contributed by atoms with E-state index in [4.69, 9.17) is 4.79 Å². The van der Waals surface area contributed by atoms with Gasteiger partial charge in [0, 0.05) is 0 Å². The van der Waals surface area contributed by atoms with Gasteiger partial charge in [0.25, 0.3) is 0 Å². The van der Waals surface area contributed by atoms with Gasteiger partial charge in [-0.15, -0.1) is 0 Å². The van der Waals surface area contributed by atoms with Gasteiger partial charge in [-0.3, -0.25) is 0 Å². The van der Waals surface area contributed by atoms with Crippen molar-refractivity contribution in [2.75, 3.05) is 0 Å². The number of carbonyl (C=O) groups excluding carboxylic acids is 1. The molecule has 0 radical (unpaired) electrons. The average Bonchev–Trinajstić information content (AvgIpc) is 1.59. The minimum atomic E-state index is -4.32. The van der Waals surface area contributed by atoms with Crippen molar-refractivity contribution in [3.8, 4) is 0 Å². The quantitative estimate of drug-likeness (QED) is 0.335. The first-order valence-corrected chi connectivity index (χ1v) is 3.00. The van der Waals surface area contributed by atoms with Crippen molar-refractivity contribution >= 4 is 21.3 Å². The molecule has 0 aromatic carbocycles. The van der Waals surface area contributed by atoms with Crippen LogP contribution in [0.1, 0.15) is 0 Å². The molecule has 0 aliphatic rings. The molecule has 0 aromatic rings. The maximum atomic E-state index is 11.0. The average molecular weight is 190 g/mol. The van der Waals surface area contributed by atoms with Crippen molar-refractivity contribution in [1.29, 1.82) is 0 Å². The van der Waals surface area contributed by atoms with Gasteiger partial charge >= 0.3 is 48.3 Å². The molecule has 0 saturated heterocycles. The third kappa shape index (κ3) is 5.69. The van der Waals surface area contributed by atoms with Gasteiger partial charge in [-0.25, -0.2) is 0 Å². The molecule has 0 atom stereocenters. The normalized spacial score (nSPS) is 10.4. The van der Waals surface area contributed by atoms with Crippen molar-refractivity contribution < 1.29 is 18.0 Å². The Morgan fingerprint density at radius 3 is 2.12 bits per heavy atom. The first kappa shape index (κ1) is 7.69. The first-order chi connectivity index (χ1) is 3.56. The number of hydrogen-bond acceptors (Lipinski definition) is 2. The second-order valence-corrected chi connectivity index (χ2v) is 2.46. The van der Waals surface area contributed by atoms with Crippen molar-refractivity contribution in [2.24, 2.45) is 4.01 Å². The topological polar surface area (TPSA) is 29.4 Å². The number of hydrogen-bond donors (Lipinski definition) is 0. The van der Waals surface area contributed by atoms with Gasteiger partial charge in [-0.2, -0.15) is 0 Å². The van der Waals surface area contributed by atoms with Crippen molar-refractivity contribution in [1.82, 2.24) is 0 Å². The molecular weight excluding hydrogens is 190 g/mol. The van der Waals surface area contributed by atoms with Crippen LogP contribution in [-0.4, -0.2) is 26.3 Å². The van der Waals surface area contributed by atoms with E-state index in [2.05, 4.69) is 4.01 Å². The molecule has 0 fully saturated rings. The fraction of sp³-hybridized carbons (Fsp3) is 0.500. The van der Waals surface area contributed by atoms with Gasteiger partial charge in [-0.1, -0.05) is 0 Å². The molecule has 0 rings (SSSR count). The van der Waals surface area contributed by atoms with Crippen molar-refractivity contribution in [2.45, 2.75) is 5.07 Å². The van der Waals surface area contributed by atoms with Crippen molar-refractivity contribution in [3.63, 3.8) is 0 Å². The van der Waals surface area contributed by atoms with Gasteiger partial charge in [-0.05, 0) is 0 Å². The Hall–Kier alpha value is -0.311. The fourth-order valence-corrected chi connectivity index (χ4v) is 0.366. The third-order valence-corrected chi connectivity index (χ3v) is 0.969. The molecule has 6 heteroatoms. The number of nitrogens with zero attached hydrogens (tertiary/aromatic N) is 1. The number of alkyl halides is 3. The Bertz CT molecular complexity index is 115.